The minimum atomic E-state index is -0.656. The van der Waals surface area contributed by atoms with Gasteiger partial charge in [-0.05, 0) is 12.8 Å². The number of nitrogens with two attached hydrogens (primary N) is 1. The van der Waals surface area contributed by atoms with Gasteiger partial charge in [-0.3, -0.25) is 5.84 Å². The maximum absolute atomic E-state index is 11.1. The monoisotopic (exact) mass is 197 g/mol. The Morgan fingerprint density at radius 1 is 1.64 bits per heavy atom. The summed E-state index contributed by atoms with van der Waals surface area (Å²) in [6.07, 6.45) is 2.40. The highest BCUT2D eigenvalue weighted by Crippen LogP contribution is 2.09. The first kappa shape index (κ1) is 12.5. The van der Waals surface area contributed by atoms with Crippen LogP contribution in [0.4, 0.5) is 0 Å². The zero-order valence-electron chi connectivity index (χ0n) is 8.46. The van der Waals surface area contributed by atoms with Gasteiger partial charge in [0.1, 0.15) is 6.07 Å². The molecule has 0 spiro atoms. The van der Waals surface area contributed by atoms with E-state index in [0.717, 1.165) is 12.8 Å². The molecule has 3 N–H and O–H groups in total. The summed E-state index contributed by atoms with van der Waals surface area (Å²) in [5.41, 5.74) is 2.74. The second-order valence-corrected chi connectivity index (χ2v) is 2.70. The minimum Gasteiger partial charge on any atom is -0.465 e. The molecule has 0 radical (unpaired) electrons. The summed E-state index contributed by atoms with van der Waals surface area (Å²) in [6, 6.07) is 1.78. The number of hydrogen-bond donors (Lipinski definition) is 2. The maximum Gasteiger partial charge on any atom is 0.350 e. The molecule has 0 aliphatic rings. The maximum atomic E-state index is 11.1. The van der Waals surface area contributed by atoms with Crippen molar-refractivity contribution in [2.75, 3.05) is 7.11 Å². The Hall–Kier alpha value is -1.54. The van der Waals surface area contributed by atoms with Crippen LogP contribution in [0.15, 0.2) is 11.3 Å². The average molecular weight is 197 g/mol. The molecule has 0 aliphatic heterocycles. The zero-order valence-corrected chi connectivity index (χ0v) is 8.46. The second-order valence-electron chi connectivity index (χ2n) is 2.70. The van der Waals surface area contributed by atoms with E-state index in [9.17, 15) is 4.79 Å². The van der Waals surface area contributed by atoms with Gasteiger partial charge >= 0.3 is 5.97 Å². The summed E-state index contributed by atoms with van der Waals surface area (Å²) in [5, 5.41) is 8.72. The fourth-order valence-corrected chi connectivity index (χ4v) is 0.961. The SMILES string of the molecule is CCCC/C(NN)=C(\C#N)C(=O)OC. The molecule has 14 heavy (non-hydrogen) atoms. The number of nitrogens with one attached hydrogen (secondary N) is 1. The molecule has 0 amide bonds. The Bertz CT molecular complexity index is 266. The number of unbranched alkanes of at least 4 members (excludes halogenated alkanes) is 1. The lowest BCUT2D eigenvalue weighted by Gasteiger charge is -2.07. The smallest absolute Gasteiger partial charge is 0.350 e. The number of ether oxygens (including phenoxy) is 1. The van der Waals surface area contributed by atoms with Gasteiger partial charge < -0.3 is 10.2 Å². The van der Waals surface area contributed by atoms with E-state index in [4.69, 9.17) is 11.1 Å². The largest absolute Gasteiger partial charge is 0.465 e. The van der Waals surface area contributed by atoms with E-state index in [-0.39, 0.29) is 5.57 Å². The fraction of sp³-hybridized carbons (Fsp3) is 0.556. The molecule has 0 atom stereocenters. The van der Waals surface area contributed by atoms with Gasteiger partial charge in [-0.2, -0.15) is 5.26 Å². The molecule has 0 aliphatic carbocycles. The number of hydrazine groups is 1. The number of esters is 1. The summed E-state index contributed by atoms with van der Waals surface area (Å²) < 4.78 is 4.45. The van der Waals surface area contributed by atoms with Gasteiger partial charge in [-0.1, -0.05) is 13.3 Å². The van der Waals surface area contributed by atoms with Gasteiger partial charge in [0.15, 0.2) is 5.57 Å². The molecule has 0 saturated heterocycles. The van der Waals surface area contributed by atoms with Crippen LogP contribution in [0.2, 0.25) is 0 Å². The van der Waals surface area contributed by atoms with Gasteiger partial charge in [-0.25, -0.2) is 4.79 Å². The standard InChI is InChI=1S/C9H15N3O2/c1-3-4-5-8(12-11)7(6-10)9(13)14-2/h12H,3-5,11H2,1-2H3/b8-7-. The van der Waals surface area contributed by atoms with E-state index in [1.54, 1.807) is 6.07 Å². The highest BCUT2D eigenvalue weighted by Gasteiger charge is 2.14. The van der Waals surface area contributed by atoms with Gasteiger partial charge in [-0.15, -0.1) is 0 Å². The Labute approximate surface area is 83.5 Å². The van der Waals surface area contributed by atoms with E-state index in [0.29, 0.717) is 12.1 Å². The van der Waals surface area contributed by atoms with Crippen molar-refractivity contribution >= 4 is 5.97 Å². The third-order valence-corrected chi connectivity index (χ3v) is 1.76. The third-order valence-electron chi connectivity index (χ3n) is 1.76. The van der Waals surface area contributed by atoms with Crippen molar-refractivity contribution in [1.82, 2.24) is 5.43 Å². The van der Waals surface area contributed by atoms with Crippen LogP contribution >= 0.6 is 0 Å². The lowest BCUT2D eigenvalue weighted by molar-refractivity contribution is -0.135. The van der Waals surface area contributed by atoms with Crippen LogP contribution in [0.3, 0.4) is 0 Å². The molecule has 5 nitrogen and oxygen atoms in total. The first-order valence-corrected chi connectivity index (χ1v) is 4.39. The normalized spacial score (nSPS) is 11.3. The minimum absolute atomic E-state index is 0.0524. The predicted molar refractivity (Wildman–Crippen MR) is 51.5 cm³/mol. The van der Waals surface area contributed by atoms with Gasteiger partial charge in [0, 0.05) is 0 Å². The van der Waals surface area contributed by atoms with Crippen molar-refractivity contribution in [3.63, 3.8) is 0 Å². The summed E-state index contributed by atoms with van der Waals surface area (Å²) in [6.45, 7) is 2.01. The topological polar surface area (TPSA) is 88.1 Å². The number of nitrogens with zero attached hydrogens (tertiary/aromatic N) is 1. The molecule has 5 heteroatoms. The predicted octanol–water partition coefficient (Wildman–Crippen LogP) is 0.591. The molecule has 0 aromatic carbocycles. The lowest BCUT2D eigenvalue weighted by atomic mass is 10.1. The quantitative estimate of drug-likeness (QED) is 0.221. The van der Waals surface area contributed by atoms with Gasteiger partial charge in [0.05, 0.1) is 12.8 Å². The van der Waals surface area contributed by atoms with Crippen LogP contribution in [0.25, 0.3) is 0 Å². The van der Waals surface area contributed by atoms with Crippen LogP contribution in [-0.2, 0) is 9.53 Å². The molecule has 0 fully saturated rings. The highest BCUT2D eigenvalue weighted by atomic mass is 16.5. The molecule has 0 unspecified atom stereocenters. The number of hydrogen-bond acceptors (Lipinski definition) is 5. The van der Waals surface area contributed by atoms with Crippen LogP contribution in [0, 0.1) is 11.3 Å². The van der Waals surface area contributed by atoms with E-state index < -0.39 is 5.97 Å². The molecular weight excluding hydrogens is 182 g/mol. The number of nitriles is 1. The second kappa shape index (κ2) is 6.92. The van der Waals surface area contributed by atoms with Crippen molar-refractivity contribution in [1.29, 1.82) is 5.26 Å². The fourth-order valence-electron chi connectivity index (χ4n) is 0.961. The van der Waals surface area contributed by atoms with Gasteiger partial charge in [0.2, 0.25) is 0 Å². The summed E-state index contributed by atoms with van der Waals surface area (Å²) in [4.78, 5) is 11.1. The highest BCUT2D eigenvalue weighted by molar-refractivity contribution is 5.93. The van der Waals surface area contributed by atoms with Crippen molar-refractivity contribution in [3.8, 4) is 6.07 Å². The lowest BCUT2D eigenvalue weighted by Crippen LogP contribution is -2.25. The van der Waals surface area contributed by atoms with E-state index >= 15 is 0 Å². The Morgan fingerprint density at radius 2 is 2.29 bits per heavy atom. The van der Waals surface area contributed by atoms with Crippen LogP contribution in [0.1, 0.15) is 26.2 Å². The summed E-state index contributed by atoms with van der Waals surface area (Å²) in [7, 11) is 1.23. The van der Waals surface area contributed by atoms with Crippen molar-refractivity contribution in [2.24, 2.45) is 5.84 Å². The molecule has 0 aromatic heterocycles. The van der Waals surface area contributed by atoms with E-state index in [1.807, 2.05) is 6.92 Å². The molecule has 0 bridgehead atoms. The Balaban J connectivity index is 4.75. The summed E-state index contributed by atoms with van der Waals surface area (Å²) in [5.74, 6) is 4.56. The molecular formula is C9H15N3O2. The average Bonchev–Trinajstić information content (AvgIpc) is 2.23. The first-order chi connectivity index (χ1) is 6.71. The number of rotatable bonds is 5. The molecule has 0 heterocycles. The first-order valence-electron chi connectivity index (χ1n) is 4.39. The zero-order chi connectivity index (χ0) is 11.0. The van der Waals surface area contributed by atoms with Crippen molar-refractivity contribution in [2.45, 2.75) is 26.2 Å². The van der Waals surface area contributed by atoms with Crippen LogP contribution in [-0.4, -0.2) is 13.1 Å². The Morgan fingerprint density at radius 3 is 2.64 bits per heavy atom. The number of allylic oxidation sites excluding steroid dienone is 1. The van der Waals surface area contributed by atoms with E-state index in [1.165, 1.54) is 7.11 Å². The molecule has 0 aromatic rings. The van der Waals surface area contributed by atoms with Crippen LogP contribution in [0.5, 0.6) is 0 Å². The molecule has 0 rings (SSSR count). The summed E-state index contributed by atoms with van der Waals surface area (Å²) >= 11 is 0. The van der Waals surface area contributed by atoms with Crippen LogP contribution < -0.4 is 11.3 Å². The van der Waals surface area contributed by atoms with E-state index in [2.05, 4.69) is 10.2 Å². The van der Waals surface area contributed by atoms with Crippen molar-refractivity contribution < 1.29 is 9.53 Å². The van der Waals surface area contributed by atoms with Gasteiger partial charge in [0.25, 0.3) is 0 Å². The van der Waals surface area contributed by atoms with Crippen molar-refractivity contribution in [3.05, 3.63) is 11.3 Å². The number of carbonyl (C=O) groups excluding carboxylic acids is 1. The molecule has 78 valence electrons. The number of carbonyl (C=O) groups is 1. The number of methoxy groups -OCH3 is 1. The molecule has 0 saturated carbocycles. The Kier molecular flexibility index (Phi) is 6.16. The third kappa shape index (κ3) is 3.46.